The summed E-state index contributed by atoms with van der Waals surface area (Å²) in [5, 5.41) is 0. The minimum atomic E-state index is -3.20. The third-order valence-electron chi connectivity index (χ3n) is 2.74. The molecule has 4 heteroatoms. The minimum absolute atomic E-state index is 0.0384. The molecule has 0 bridgehead atoms. The summed E-state index contributed by atoms with van der Waals surface area (Å²) in [6.07, 6.45) is 0. The van der Waals surface area contributed by atoms with Gasteiger partial charge in [0.1, 0.15) is 11.5 Å². The molecule has 0 aliphatic carbocycles. The summed E-state index contributed by atoms with van der Waals surface area (Å²) in [5.41, 5.74) is 1.44. The highest BCUT2D eigenvalue weighted by Gasteiger charge is 2.30. The molecule has 0 unspecified atom stereocenters. The van der Waals surface area contributed by atoms with Gasteiger partial charge >= 0.3 is 0 Å². The maximum absolute atomic E-state index is 12.0. The SMILES string of the molecule is Cc1cc2c(o1)-c1ccccc1S(=O)(=O)C2. The monoisotopic (exact) mass is 234 g/mol. The Kier molecular flexibility index (Phi) is 1.80. The first kappa shape index (κ1) is 9.66. The van der Waals surface area contributed by atoms with Crippen molar-refractivity contribution in [3.05, 3.63) is 41.7 Å². The van der Waals surface area contributed by atoms with E-state index in [-0.39, 0.29) is 5.75 Å². The highest BCUT2D eigenvalue weighted by atomic mass is 32.2. The molecule has 3 rings (SSSR count). The van der Waals surface area contributed by atoms with E-state index in [1.165, 1.54) is 0 Å². The lowest BCUT2D eigenvalue weighted by molar-refractivity contribution is 0.542. The van der Waals surface area contributed by atoms with Crippen molar-refractivity contribution in [3.8, 4) is 11.3 Å². The van der Waals surface area contributed by atoms with E-state index < -0.39 is 9.84 Å². The number of furan rings is 1. The Morgan fingerprint density at radius 1 is 1.25 bits per heavy atom. The molecule has 1 aliphatic rings. The molecule has 0 radical (unpaired) electrons. The first-order valence-corrected chi connectivity index (χ1v) is 6.64. The number of fused-ring (bicyclic) bond motifs is 3. The Labute approximate surface area is 93.6 Å². The van der Waals surface area contributed by atoms with Gasteiger partial charge in [0.2, 0.25) is 0 Å². The summed E-state index contributed by atoms with van der Waals surface area (Å²) < 4.78 is 29.6. The van der Waals surface area contributed by atoms with Crippen LogP contribution in [0.4, 0.5) is 0 Å². The fraction of sp³-hybridized carbons (Fsp3) is 0.167. The number of benzene rings is 1. The van der Waals surface area contributed by atoms with E-state index in [1.54, 1.807) is 24.3 Å². The van der Waals surface area contributed by atoms with Crippen molar-refractivity contribution in [2.24, 2.45) is 0 Å². The Bertz CT molecular complexity index is 665. The molecule has 3 nitrogen and oxygen atoms in total. The largest absolute Gasteiger partial charge is 0.461 e. The molecule has 0 spiro atoms. The van der Waals surface area contributed by atoms with Crippen LogP contribution in [0.15, 0.2) is 39.6 Å². The fourth-order valence-corrected chi connectivity index (χ4v) is 3.67. The molecule has 1 aromatic carbocycles. The zero-order valence-corrected chi connectivity index (χ0v) is 9.54. The van der Waals surface area contributed by atoms with Gasteiger partial charge < -0.3 is 4.42 Å². The van der Waals surface area contributed by atoms with Crippen molar-refractivity contribution < 1.29 is 12.8 Å². The molecule has 1 aliphatic heterocycles. The standard InChI is InChI=1S/C12H10O3S/c1-8-6-9-7-16(13,14)11-5-3-2-4-10(11)12(9)15-8/h2-6H,7H2,1H3. The van der Waals surface area contributed by atoms with Crippen LogP contribution in [0.25, 0.3) is 11.3 Å². The summed E-state index contributed by atoms with van der Waals surface area (Å²) in [6, 6.07) is 8.76. The van der Waals surface area contributed by atoms with Crippen LogP contribution in [0.3, 0.4) is 0 Å². The smallest absolute Gasteiger partial charge is 0.183 e. The van der Waals surface area contributed by atoms with Crippen molar-refractivity contribution >= 4 is 9.84 Å². The Morgan fingerprint density at radius 3 is 2.81 bits per heavy atom. The van der Waals surface area contributed by atoms with E-state index >= 15 is 0 Å². The lowest BCUT2D eigenvalue weighted by Gasteiger charge is -2.14. The minimum Gasteiger partial charge on any atom is -0.461 e. The third kappa shape index (κ3) is 1.23. The molecule has 2 aromatic rings. The highest BCUT2D eigenvalue weighted by Crippen LogP contribution is 2.39. The second-order valence-corrected chi connectivity index (χ2v) is 5.92. The molecule has 0 N–H and O–H groups in total. The Morgan fingerprint density at radius 2 is 2.00 bits per heavy atom. The molecule has 0 atom stereocenters. The van der Waals surface area contributed by atoms with Gasteiger partial charge in [0, 0.05) is 11.1 Å². The lowest BCUT2D eigenvalue weighted by atomic mass is 10.1. The quantitative estimate of drug-likeness (QED) is 0.703. The van der Waals surface area contributed by atoms with Gasteiger partial charge in [-0.2, -0.15) is 0 Å². The van der Waals surface area contributed by atoms with Crippen LogP contribution >= 0.6 is 0 Å². The molecule has 16 heavy (non-hydrogen) atoms. The molecule has 82 valence electrons. The summed E-state index contributed by atoms with van der Waals surface area (Å²) in [5.74, 6) is 1.48. The molecular weight excluding hydrogens is 224 g/mol. The van der Waals surface area contributed by atoms with E-state index in [9.17, 15) is 8.42 Å². The zero-order valence-electron chi connectivity index (χ0n) is 8.73. The van der Waals surface area contributed by atoms with E-state index in [1.807, 2.05) is 13.0 Å². The van der Waals surface area contributed by atoms with Crippen molar-refractivity contribution in [1.82, 2.24) is 0 Å². The van der Waals surface area contributed by atoms with Crippen LogP contribution < -0.4 is 0 Å². The average Bonchev–Trinajstić information content (AvgIpc) is 2.58. The Hall–Kier alpha value is -1.55. The first-order valence-electron chi connectivity index (χ1n) is 4.99. The number of aryl methyl sites for hydroxylation is 1. The van der Waals surface area contributed by atoms with E-state index in [4.69, 9.17) is 4.42 Å². The van der Waals surface area contributed by atoms with Crippen molar-refractivity contribution in [3.63, 3.8) is 0 Å². The maximum Gasteiger partial charge on any atom is 0.183 e. The van der Waals surface area contributed by atoms with Crippen LogP contribution in [-0.2, 0) is 15.6 Å². The maximum atomic E-state index is 12.0. The van der Waals surface area contributed by atoms with Gasteiger partial charge in [0.25, 0.3) is 0 Å². The van der Waals surface area contributed by atoms with Gasteiger partial charge in [-0.25, -0.2) is 8.42 Å². The van der Waals surface area contributed by atoms with E-state index in [2.05, 4.69) is 0 Å². The number of sulfone groups is 1. The first-order chi connectivity index (χ1) is 7.58. The topological polar surface area (TPSA) is 47.3 Å². The van der Waals surface area contributed by atoms with Crippen molar-refractivity contribution in [2.45, 2.75) is 17.6 Å². The van der Waals surface area contributed by atoms with Gasteiger partial charge in [0.15, 0.2) is 9.84 Å². The third-order valence-corrected chi connectivity index (χ3v) is 4.46. The van der Waals surface area contributed by atoms with Crippen LogP contribution in [-0.4, -0.2) is 8.42 Å². The van der Waals surface area contributed by atoms with Crippen molar-refractivity contribution in [2.75, 3.05) is 0 Å². The molecule has 2 heterocycles. The predicted molar refractivity (Wildman–Crippen MR) is 59.8 cm³/mol. The lowest BCUT2D eigenvalue weighted by Crippen LogP contribution is -2.11. The van der Waals surface area contributed by atoms with Crippen LogP contribution in [0.5, 0.6) is 0 Å². The average molecular weight is 234 g/mol. The molecule has 0 saturated carbocycles. The van der Waals surface area contributed by atoms with E-state index in [0.717, 1.165) is 11.3 Å². The normalized spacial score (nSPS) is 16.6. The van der Waals surface area contributed by atoms with Gasteiger partial charge in [-0.05, 0) is 25.1 Å². The predicted octanol–water partition coefficient (Wildman–Crippen LogP) is 2.54. The van der Waals surface area contributed by atoms with Crippen LogP contribution in [0.1, 0.15) is 11.3 Å². The summed E-state index contributed by atoms with van der Waals surface area (Å²) in [7, 11) is -3.20. The summed E-state index contributed by atoms with van der Waals surface area (Å²) in [6.45, 7) is 1.83. The molecular formula is C12H10O3S. The number of rotatable bonds is 0. The molecule has 0 saturated heterocycles. The fourth-order valence-electron chi connectivity index (χ4n) is 2.11. The number of hydrogen-bond donors (Lipinski definition) is 0. The molecule has 0 fully saturated rings. The van der Waals surface area contributed by atoms with Gasteiger partial charge in [-0.3, -0.25) is 0 Å². The highest BCUT2D eigenvalue weighted by molar-refractivity contribution is 7.90. The zero-order chi connectivity index (χ0) is 11.3. The van der Waals surface area contributed by atoms with E-state index in [0.29, 0.717) is 16.2 Å². The van der Waals surface area contributed by atoms with Gasteiger partial charge in [-0.1, -0.05) is 12.1 Å². The Balaban J connectivity index is 2.41. The van der Waals surface area contributed by atoms with Crippen LogP contribution in [0.2, 0.25) is 0 Å². The molecule has 1 aromatic heterocycles. The van der Waals surface area contributed by atoms with Gasteiger partial charge in [-0.15, -0.1) is 0 Å². The van der Waals surface area contributed by atoms with Crippen molar-refractivity contribution in [1.29, 1.82) is 0 Å². The molecule has 0 amide bonds. The second-order valence-electron chi connectivity index (χ2n) is 3.97. The number of hydrogen-bond acceptors (Lipinski definition) is 3. The second kappa shape index (κ2) is 2.98. The van der Waals surface area contributed by atoms with Crippen LogP contribution in [0, 0.1) is 6.92 Å². The van der Waals surface area contributed by atoms with Gasteiger partial charge in [0.05, 0.1) is 10.6 Å². The summed E-state index contributed by atoms with van der Waals surface area (Å²) >= 11 is 0. The summed E-state index contributed by atoms with van der Waals surface area (Å²) in [4.78, 5) is 0.372.